The molecule has 3 rings (SSSR count). The van der Waals surface area contributed by atoms with Crippen LogP contribution in [0.5, 0.6) is 11.5 Å². The van der Waals surface area contributed by atoms with Crippen LogP contribution in [-0.2, 0) is 16.6 Å². The van der Waals surface area contributed by atoms with Crippen molar-refractivity contribution in [3.63, 3.8) is 0 Å². The second-order valence-electron chi connectivity index (χ2n) is 5.20. The van der Waals surface area contributed by atoms with Crippen molar-refractivity contribution < 1.29 is 18.5 Å². The molecule has 0 saturated carbocycles. The van der Waals surface area contributed by atoms with E-state index in [0.29, 0.717) is 41.7 Å². The lowest BCUT2D eigenvalue weighted by Crippen LogP contribution is -2.20. The van der Waals surface area contributed by atoms with Crippen molar-refractivity contribution in [1.29, 1.82) is 0 Å². The minimum atomic E-state index is -0.925. The van der Waals surface area contributed by atoms with Gasteiger partial charge in [-0.15, -0.1) is 0 Å². The molecule has 0 fully saturated rings. The van der Waals surface area contributed by atoms with Crippen LogP contribution in [0.3, 0.4) is 0 Å². The molecule has 0 radical (unpaired) electrons. The van der Waals surface area contributed by atoms with E-state index in [1.807, 2.05) is 18.2 Å². The molecule has 0 aliphatic carbocycles. The van der Waals surface area contributed by atoms with Crippen LogP contribution in [0.15, 0.2) is 42.5 Å². The van der Waals surface area contributed by atoms with Crippen LogP contribution in [0.1, 0.15) is 15.9 Å². The second kappa shape index (κ2) is 6.83. The van der Waals surface area contributed by atoms with Gasteiger partial charge in [-0.25, -0.2) is 0 Å². The lowest BCUT2D eigenvalue weighted by molar-refractivity contribution is 0.101. The molecule has 120 valence electrons. The van der Waals surface area contributed by atoms with E-state index in [1.54, 1.807) is 30.5 Å². The largest absolute Gasteiger partial charge is 0.486 e. The normalized spacial score (nSPS) is 14.1. The van der Waals surface area contributed by atoms with E-state index in [1.165, 1.54) is 0 Å². The van der Waals surface area contributed by atoms with E-state index in [9.17, 15) is 9.00 Å². The number of carbonyl (C=O) groups excluding carboxylic acids is 1. The van der Waals surface area contributed by atoms with Crippen molar-refractivity contribution in [1.82, 2.24) is 0 Å². The van der Waals surface area contributed by atoms with Gasteiger partial charge in [0.1, 0.15) is 13.2 Å². The Hall–Kier alpha value is -2.34. The maximum absolute atomic E-state index is 12.5. The number of benzene rings is 2. The van der Waals surface area contributed by atoms with Crippen molar-refractivity contribution in [2.45, 2.75) is 5.75 Å². The highest BCUT2D eigenvalue weighted by Crippen LogP contribution is 2.34. The first-order chi connectivity index (χ1) is 11.1. The van der Waals surface area contributed by atoms with E-state index in [2.05, 4.69) is 5.32 Å². The Morgan fingerprint density at radius 2 is 1.96 bits per heavy atom. The fraction of sp³-hybridized carbons (Fsp3) is 0.235. The predicted molar refractivity (Wildman–Crippen MR) is 89.6 cm³/mol. The number of para-hydroxylation sites is 1. The van der Waals surface area contributed by atoms with E-state index in [0.717, 1.165) is 5.56 Å². The number of nitrogens with one attached hydrogen (secondary N) is 1. The number of fused-ring (bicyclic) bond motifs is 1. The van der Waals surface area contributed by atoms with Crippen LogP contribution in [0, 0.1) is 0 Å². The number of carbonyl (C=O) groups is 1. The van der Waals surface area contributed by atoms with Gasteiger partial charge in [-0.2, -0.15) is 0 Å². The summed E-state index contributed by atoms with van der Waals surface area (Å²) in [5, 5.41) is 2.85. The third-order valence-electron chi connectivity index (χ3n) is 3.37. The van der Waals surface area contributed by atoms with Crippen molar-refractivity contribution in [2.24, 2.45) is 0 Å². The minimum absolute atomic E-state index is 0.262. The van der Waals surface area contributed by atoms with Gasteiger partial charge in [0.15, 0.2) is 11.5 Å². The Kier molecular flexibility index (Phi) is 4.62. The number of anilines is 1. The minimum Gasteiger partial charge on any atom is -0.486 e. The molecular weight excluding hydrogens is 314 g/mol. The molecule has 0 saturated heterocycles. The van der Waals surface area contributed by atoms with Crippen LogP contribution >= 0.6 is 0 Å². The molecule has 5 nitrogen and oxygen atoms in total. The van der Waals surface area contributed by atoms with Crippen molar-refractivity contribution in [3.05, 3.63) is 53.6 Å². The van der Waals surface area contributed by atoms with Crippen molar-refractivity contribution >= 4 is 22.4 Å². The highest BCUT2D eigenvalue weighted by atomic mass is 32.2. The van der Waals surface area contributed by atoms with Crippen LogP contribution in [0.4, 0.5) is 5.69 Å². The SMILES string of the molecule is CS(=O)Cc1cccc(NC(=O)c2cccc3c2OCCO3)c1. The Morgan fingerprint density at radius 3 is 2.78 bits per heavy atom. The van der Waals surface area contributed by atoms with E-state index >= 15 is 0 Å². The maximum Gasteiger partial charge on any atom is 0.259 e. The standard InChI is InChI=1S/C17H17NO4S/c1-23(20)11-12-4-2-5-13(10-12)18-17(19)14-6-3-7-15-16(14)22-9-8-21-15/h2-7,10H,8-9,11H2,1H3,(H,18,19). The molecule has 6 heteroatoms. The van der Waals surface area contributed by atoms with Gasteiger partial charge in [0.05, 0.1) is 5.56 Å². The summed E-state index contributed by atoms with van der Waals surface area (Å²) in [6, 6.07) is 12.6. The van der Waals surface area contributed by atoms with Gasteiger partial charge < -0.3 is 14.8 Å². The van der Waals surface area contributed by atoms with Crippen LogP contribution < -0.4 is 14.8 Å². The van der Waals surface area contributed by atoms with Gasteiger partial charge in [0.2, 0.25) is 0 Å². The summed E-state index contributed by atoms with van der Waals surface area (Å²) in [4.78, 5) is 12.5. The molecule has 0 aromatic heterocycles. The number of hydrogen-bond acceptors (Lipinski definition) is 4. The molecule has 23 heavy (non-hydrogen) atoms. The molecule has 1 atom stereocenters. The molecular formula is C17H17NO4S. The fourth-order valence-corrected chi connectivity index (χ4v) is 3.07. The molecule has 2 aromatic carbocycles. The molecule has 1 amide bonds. The van der Waals surface area contributed by atoms with Gasteiger partial charge >= 0.3 is 0 Å². The summed E-state index contributed by atoms with van der Waals surface area (Å²) >= 11 is 0. The predicted octanol–water partition coefficient (Wildman–Crippen LogP) is 2.59. The maximum atomic E-state index is 12.5. The van der Waals surface area contributed by atoms with Crippen LogP contribution in [0.2, 0.25) is 0 Å². The average Bonchev–Trinajstić information content (AvgIpc) is 2.54. The molecule has 1 N–H and O–H groups in total. The first-order valence-corrected chi connectivity index (χ1v) is 8.95. The third-order valence-corrected chi connectivity index (χ3v) is 4.11. The number of rotatable bonds is 4. The average molecular weight is 331 g/mol. The molecule has 1 aliphatic rings. The number of ether oxygens (including phenoxy) is 2. The quantitative estimate of drug-likeness (QED) is 0.935. The van der Waals surface area contributed by atoms with Gasteiger partial charge in [-0.1, -0.05) is 18.2 Å². The van der Waals surface area contributed by atoms with Crippen LogP contribution in [-0.4, -0.2) is 29.6 Å². The second-order valence-corrected chi connectivity index (χ2v) is 6.64. The Bertz CT molecular complexity index is 760. The summed E-state index contributed by atoms with van der Waals surface area (Å²) in [6.45, 7) is 0.906. The Balaban J connectivity index is 1.81. The van der Waals surface area contributed by atoms with Gasteiger partial charge in [-0.3, -0.25) is 9.00 Å². The molecule has 1 aliphatic heterocycles. The highest BCUT2D eigenvalue weighted by Gasteiger charge is 2.20. The van der Waals surface area contributed by atoms with Crippen molar-refractivity contribution in [2.75, 3.05) is 24.8 Å². The van der Waals surface area contributed by atoms with Crippen LogP contribution in [0.25, 0.3) is 0 Å². The smallest absolute Gasteiger partial charge is 0.259 e. The summed E-state index contributed by atoms with van der Waals surface area (Å²) in [5.74, 6) is 1.25. The highest BCUT2D eigenvalue weighted by molar-refractivity contribution is 7.83. The summed E-state index contributed by atoms with van der Waals surface area (Å²) in [6.07, 6.45) is 1.65. The molecule has 1 heterocycles. The zero-order valence-corrected chi connectivity index (χ0v) is 13.5. The lowest BCUT2D eigenvalue weighted by Gasteiger charge is -2.20. The molecule has 0 spiro atoms. The Morgan fingerprint density at radius 1 is 1.17 bits per heavy atom. The first kappa shape index (κ1) is 15.6. The first-order valence-electron chi connectivity index (χ1n) is 7.22. The summed E-state index contributed by atoms with van der Waals surface area (Å²) in [5.41, 5.74) is 2.01. The van der Waals surface area contributed by atoms with Gasteiger partial charge in [-0.05, 0) is 29.8 Å². The number of amides is 1. The Labute approximate surface area is 137 Å². The van der Waals surface area contributed by atoms with E-state index < -0.39 is 10.8 Å². The van der Waals surface area contributed by atoms with Gasteiger partial charge in [0.25, 0.3) is 5.91 Å². The monoisotopic (exact) mass is 331 g/mol. The summed E-state index contributed by atoms with van der Waals surface area (Å²) in [7, 11) is -0.925. The third kappa shape index (κ3) is 3.71. The molecule has 2 aromatic rings. The molecule has 0 bridgehead atoms. The van der Waals surface area contributed by atoms with Crippen molar-refractivity contribution in [3.8, 4) is 11.5 Å². The zero-order chi connectivity index (χ0) is 16.2. The van der Waals surface area contributed by atoms with Gasteiger partial charge in [0, 0.05) is 28.5 Å². The zero-order valence-electron chi connectivity index (χ0n) is 12.7. The topological polar surface area (TPSA) is 64.6 Å². The lowest BCUT2D eigenvalue weighted by atomic mass is 10.1. The van der Waals surface area contributed by atoms with E-state index in [-0.39, 0.29) is 5.91 Å². The number of hydrogen-bond donors (Lipinski definition) is 1. The van der Waals surface area contributed by atoms with E-state index in [4.69, 9.17) is 9.47 Å². The summed E-state index contributed by atoms with van der Waals surface area (Å²) < 4.78 is 22.4. The fourth-order valence-electron chi connectivity index (χ4n) is 2.42. The molecule has 1 unspecified atom stereocenters.